The van der Waals surface area contributed by atoms with Crippen LogP contribution in [-0.2, 0) is 20.1 Å². The van der Waals surface area contributed by atoms with Crippen LogP contribution < -0.4 is 4.90 Å². The van der Waals surface area contributed by atoms with Crippen molar-refractivity contribution in [1.29, 1.82) is 0 Å². The molecule has 3 aromatic carbocycles. The first-order chi connectivity index (χ1) is 22.3. The first kappa shape index (κ1) is 36.8. The molecule has 1 aliphatic heterocycles. The molecule has 7 rings (SSSR count). The van der Waals surface area contributed by atoms with E-state index in [0.29, 0.717) is 11.8 Å². The number of para-hydroxylation sites is 1. The predicted molar refractivity (Wildman–Crippen MR) is 190 cm³/mol. The van der Waals surface area contributed by atoms with Crippen LogP contribution in [0.2, 0.25) is 0 Å². The number of rotatable bonds is 5. The van der Waals surface area contributed by atoms with E-state index >= 15 is 0 Å². The first-order valence-electron chi connectivity index (χ1n) is 17.0. The van der Waals surface area contributed by atoms with E-state index in [1.165, 1.54) is 74.1 Å². The summed E-state index contributed by atoms with van der Waals surface area (Å²) in [6, 6.07) is 31.8. The van der Waals surface area contributed by atoms with E-state index in [1.807, 2.05) is 78.5 Å². The van der Waals surface area contributed by atoms with Gasteiger partial charge in [0.15, 0.2) is 0 Å². The fourth-order valence-electron chi connectivity index (χ4n) is 7.19. The number of aliphatic hydroxyl groups is 2. The molecular weight excluding hydrogens is 759 g/mol. The number of pyridine rings is 1. The van der Waals surface area contributed by atoms with Crippen LogP contribution in [-0.4, -0.2) is 39.4 Å². The monoisotopic (exact) mass is 809 g/mol. The molecule has 1 spiro atoms. The maximum Gasteiger partial charge on any atom is 3.00 e. The van der Waals surface area contributed by atoms with Crippen molar-refractivity contribution in [1.82, 2.24) is 9.88 Å². The molecular formula is C41H50IrN3O2. The molecule has 250 valence electrons. The molecule has 6 heteroatoms. The minimum atomic E-state index is -0.375. The van der Waals surface area contributed by atoms with Gasteiger partial charge in [-0.1, -0.05) is 37.5 Å². The third kappa shape index (κ3) is 10.5. The molecule has 47 heavy (non-hydrogen) atoms. The standard InChI is InChI=1S/C26H28N.C10H10N2.C5H12O2.Ir/c1-3-7-22(8-4-1)25-24-19-23(10-9-21(24)13-18-27-25)20-11-16-26(17-12-20)14-5-2-6-15-26;1-11-7-8-12(9-11)10-5-3-2-4-6-10;1-4(6)3-5(2)7;/h1,3-4,7,9-10,13,18-20H,2,5-6,11-12,14-17H2;2-5,7-9H,1H3;4-7H,3H2,1-2H3;/q-1;-2;;+3. The van der Waals surface area contributed by atoms with E-state index in [2.05, 4.69) is 48.5 Å². The summed E-state index contributed by atoms with van der Waals surface area (Å²) in [5.41, 5.74) is 5.42. The van der Waals surface area contributed by atoms with Gasteiger partial charge in [0, 0.05) is 6.20 Å². The number of aliphatic hydroxyl groups excluding tert-OH is 2. The minimum absolute atomic E-state index is 0. The van der Waals surface area contributed by atoms with E-state index in [4.69, 9.17) is 15.2 Å². The molecule has 2 unspecified atom stereocenters. The third-order valence-corrected chi connectivity index (χ3v) is 9.61. The Kier molecular flexibility index (Phi) is 14.0. The Balaban J connectivity index is 0.000000207. The number of hydrogen-bond donors (Lipinski definition) is 2. The molecule has 2 saturated carbocycles. The van der Waals surface area contributed by atoms with Crippen molar-refractivity contribution < 1.29 is 30.3 Å². The Hall–Kier alpha value is -3.02. The maximum atomic E-state index is 8.56. The van der Waals surface area contributed by atoms with Crippen LogP contribution in [0.5, 0.6) is 0 Å². The van der Waals surface area contributed by atoms with E-state index in [0.717, 1.165) is 22.9 Å². The predicted octanol–water partition coefficient (Wildman–Crippen LogP) is 9.27. The largest absolute Gasteiger partial charge is 3.00 e. The third-order valence-electron chi connectivity index (χ3n) is 9.61. The van der Waals surface area contributed by atoms with Crippen LogP contribution in [0, 0.1) is 24.2 Å². The SMILES string of the molecule is CC(O)CC(C)O.CN1C=CN(c2[c-]cccc2)[CH-]1.[Ir+3].[c-]1ccccc1-c1nccc2ccc(C3CCC4(CCCCC4)CC3)cc12. The molecule has 4 aromatic rings. The van der Waals surface area contributed by atoms with Crippen molar-refractivity contribution >= 4 is 16.5 Å². The fourth-order valence-corrected chi connectivity index (χ4v) is 7.19. The van der Waals surface area contributed by atoms with Crippen molar-refractivity contribution in [2.75, 3.05) is 11.9 Å². The zero-order valence-corrected chi connectivity index (χ0v) is 30.5. The minimum Gasteiger partial charge on any atom is -0.510 e. The average Bonchev–Trinajstić information content (AvgIpc) is 3.52. The van der Waals surface area contributed by atoms with Crippen molar-refractivity contribution in [3.8, 4) is 11.3 Å². The van der Waals surface area contributed by atoms with Gasteiger partial charge in [0.1, 0.15) is 0 Å². The number of hydrogen-bond acceptors (Lipinski definition) is 5. The van der Waals surface area contributed by atoms with Gasteiger partial charge in [-0.05, 0) is 118 Å². The molecule has 2 heterocycles. The van der Waals surface area contributed by atoms with Gasteiger partial charge in [-0.15, -0.1) is 41.6 Å². The fraction of sp³-hybridized carbons (Fsp3) is 0.415. The van der Waals surface area contributed by atoms with E-state index in [9.17, 15) is 0 Å². The van der Waals surface area contributed by atoms with Crippen molar-refractivity contribution in [2.24, 2.45) is 5.41 Å². The van der Waals surface area contributed by atoms with Gasteiger partial charge in [-0.25, -0.2) is 0 Å². The van der Waals surface area contributed by atoms with Crippen LogP contribution in [0.15, 0.2) is 91.4 Å². The van der Waals surface area contributed by atoms with E-state index < -0.39 is 0 Å². The summed E-state index contributed by atoms with van der Waals surface area (Å²) in [5, 5.41) is 19.7. The average molecular weight is 809 g/mol. The quantitative estimate of drug-likeness (QED) is 0.197. The van der Waals surface area contributed by atoms with Crippen LogP contribution in [0.25, 0.3) is 22.0 Å². The zero-order chi connectivity index (χ0) is 32.4. The Morgan fingerprint density at radius 1 is 0.872 bits per heavy atom. The van der Waals surface area contributed by atoms with Gasteiger partial charge in [-0.3, -0.25) is 0 Å². The molecule has 3 aliphatic rings. The maximum absolute atomic E-state index is 8.56. The van der Waals surface area contributed by atoms with Gasteiger partial charge in [-0.2, -0.15) is 37.0 Å². The molecule has 2 aliphatic carbocycles. The Bertz CT molecular complexity index is 1500. The number of fused-ring (bicyclic) bond motifs is 1. The van der Waals surface area contributed by atoms with Gasteiger partial charge >= 0.3 is 20.1 Å². The molecule has 0 bridgehead atoms. The van der Waals surface area contributed by atoms with Gasteiger partial charge in [0.25, 0.3) is 0 Å². The second kappa shape index (κ2) is 17.9. The second-order valence-electron chi connectivity index (χ2n) is 13.4. The summed E-state index contributed by atoms with van der Waals surface area (Å²) in [7, 11) is 2.00. The molecule has 0 saturated heterocycles. The Morgan fingerprint density at radius 2 is 1.57 bits per heavy atom. The van der Waals surface area contributed by atoms with Gasteiger partial charge in [0.05, 0.1) is 12.2 Å². The van der Waals surface area contributed by atoms with Gasteiger partial charge < -0.3 is 25.0 Å². The van der Waals surface area contributed by atoms with E-state index in [-0.39, 0.29) is 32.3 Å². The van der Waals surface area contributed by atoms with Crippen LogP contribution in [0.4, 0.5) is 5.69 Å². The van der Waals surface area contributed by atoms with Crippen molar-refractivity contribution in [3.05, 3.63) is 116 Å². The number of aromatic nitrogens is 1. The zero-order valence-electron chi connectivity index (χ0n) is 28.1. The molecule has 0 amide bonds. The first-order valence-corrected chi connectivity index (χ1v) is 17.0. The molecule has 2 atom stereocenters. The number of nitrogens with zero attached hydrogens (tertiary/aromatic N) is 3. The second-order valence-corrected chi connectivity index (χ2v) is 13.4. The summed E-state index contributed by atoms with van der Waals surface area (Å²) < 4.78 is 0. The molecule has 0 radical (unpaired) electrons. The summed E-state index contributed by atoms with van der Waals surface area (Å²) in [5.74, 6) is 0.717. The molecule has 2 fully saturated rings. The van der Waals surface area contributed by atoms with Crippen LogP contribution in [0.3, 0.4) is 0 Å². The summed E-state index contributed by atoms with van der Waals surface area (Å²) >= 11 is 0. The summed E-state index contributed by atoms with van der Waals surface area (Å²) in [4.78, 5) is 8.73. The van der Waals surface area contributed by atoms with Crippen LogP contribution in [0.1, 0.15) is 89.5 Å². The topological polar surface area (TPSA) is 59.8 Å². The number of benzene rings is 3. The Morgan fingerprint density at radius 3 is 2.15 bits per heavy atom. The molecule has 5 nitrogen and oxygen atoms in total. The summed E-state index contributed by atoms with van der Waals surface area (Å²) in [6.45, 7) is 5.32. The summed E-state index contributed by atoms with van der Waals surface area (Å²) in [6.07, 6.45) is 18.6. The van der Waals surface area contributed by atoms with Crippen LogP contribution >= 0.6 is 0 Å². The van der Waals surface area contributed by atoms with Gasteiger partial charge in [0.2, 0.25) is 0 Å². The Labute approximate surface area is 296 Å². The van der Waals surface area contributed by atoms with Crippen molar-refractivity contribution in [2.45, 2.75) is 96.2 Å². The smallest absolute Gasteiger partial charge is 0.510 e. The van der Waals surface area contributed by atoms with Crippen molar-refractivity contribution in [3.63, 3.8) is 0 Å². The normalized spacial score (nSPS) is 18.4. The molecule has 2 N–H and O–H groups in total. The number of anilines is 1. The molecule has 1 aromatic heterocycles. The van der Waals surface area contributed by atoms with E-state index in [1.54, 1.807) is 13.8 Å².